The molecule has 1 aromatic heterocycles. The lowest BCUT2D eigenvalue weighted by Gasteiger charge is -2.24. The van der Waals surface area contributed by atoms with Gasteiger partial charge in [0.15, 0.2) is 5.96 Å². The average molecular weight is 294 g/mol. The highest BCUT2D eigenvalue weighted by Gasteiger charge is 2.18. The van der Waals surface area contributed by atoms with Gasteiger partial charge in [-0.3, -0.25) is 9.98 Å². The van der Waals surface area contributed by atoms with E-state index in [1.165, 1.54) is 22.3 Å². The minimum atomic E-state index is 0.189. The molecule has 1 unspecified atom stereocenters. The Morgan fingerprint density at radius 3 is 2.77 bits per heavy atom. The van der Waals surface area contributed by atoms with Crippen LogP contribution in [0.5, 0.6) is 0 Å². The van der Waals surface area contributed by atoms with Crippen LogP contribution in [0, 0.1) is 12.8 Å². The first-order valence-electron chi connectivity index (χ1n) is 7.72. The normalized spacial score (nSPS) is 16.9. The summed E-state index contributed by atoms with van der Waals surface area (Å²) in [6.07, 6.45) is 5.16. The lowest BCUT2D eigenvalue weighted by Crippen LogP contribution is -2.25. The summed E-state index contributed by atoms with van der Waals surface area (Å²) in [4.78, 5) is 8.43. The van der Waals surface area contributed by atoms with Gasteiger partial charge in [0.2, 0.25) is 0 Å². The van der Waals surface area contributed by atoms with Gasteiger partial charge in [-0.25, -0.2) is 0 Å². The van der Waals surface area contributed by atoms with Crippen molar-refractivity contribution in [1.29, 1.82) is 0 Å². The number of guanidine groups is 1. The van der Waals surface area contributed by atoms with Gasteiger partial charge in [-0.15, -0.1) is 0 Å². The first kappa shape index (κ1) is 14.6. The number of nitrogens with two attached hydrogens (primary N) is 2. The Morgan fingerprint density at radius 1 is 1.18 bits per heavy atom. The van der Waals surface area contributed by atoms with Crippen molar-refractivity contribution in [3.63, 3.8) is 0 Å². The lowest BCUT2D eigenvalue weighted by molar-refractivity contribution is 0.470. The summed E-state index contributed by atoms with van der Waals surface area (Å²) in [6, 6.07) is 11.0. The molecule has 3 rings (SSSR count). The number of fused-ring (bicyclic) bond motifs is 1. The van der Waals surface area contributed by atoms with E-state index in [9.17, 15) is 0 Å². The largest absolute Gasteiger partial charge is 0.370 e. The van der Waals surface area contributed by atoms with Gasteiger partial charge in [-0.2, -0.15) is 0 Å². The van der Waals surface area contributed by atoms with Crippen molar-refractivity contribution in [2.24, 2.45) is 22.4 Å². The molecule has 0 amide bonds. The van der Waals surface area contributed by atoms with E-state index in [4.69, 9.17) is 11.5 Å². The van der Waals surface area contributed by atoms with Crippen molar-refractivity contribution >= 4 is 5.96 Å². The summed E-state index contributed by atoms with van der Waals surface area (Å²) >= 11 is 0. The predicted octanol–water partition coefficient (Wildman–Crippen LogP) is 2.44. The third-order valence-electron chi connectivity index (χ3n) is 4.30. The molecule has 1 aromatic carbocycles. The average Bonchev–Trinajstić information content (AvgIpc) is 2.52. The van der Waals surface area contributed by atoms with E-state index in [-0.39, 0.29) is 5.96 Å². The summed E-state index contributed by atoms with van der Waals surface area (Å²) in [5.74, 6) is 0.734. The number of hydrogen-bond donors (Lipinski definition) is 2. The van der Waals surface area contributed by atoms with Crippen molar-refractivity contribution in [2.75, 3.05) is 6.54 Å². The zero-order valence-electron chi connectivity index (χ0n) is 12.9. The Morgan fingerprint density at radius 2 is 2.00 bits per heavy atom. The van der Waals surface area contributed by atoms with E-state index in [0.29, 0.717) is 5.92 Å². The predicted molar refractivity (Wildman–Crippen MR) is 90.6 cm³/mol. The number of hydrogen-bond acceptors (Lipinski definition) is 2. The van der Waals surface area contributed by atoms with Crippen molar-refractivity contribution in [3.05, 3.63) is 53.3 Å². The molecule has 4 nitrogen and oxygen atoms in total. The molecule has 2 aromatic rings. The monoisotopic (exact) mass is 294 g/mol. The topological polar surface area (TPSA) is 77.3 Å². The van der Waals surface area contributed by atoms with E-state index < -0.39 is 0 Å². The molecule has 0 saturated heterocycles. The van der Waals surface area contributed by atoms with Crippen LogP contribution in [0.25, 0.3) is 11.1 Å². The zero-order valence-corrected chi connectivity index (χ0v) is 12.9. The second kappa shape index (κ2) is 6.18. The fourth-order valence-corrected chi connectivity index (χ4v) is 3.13. The summed E-state index contributed by atoms with van der Waals surface area (Å²) < 4.78 is 0. The molecule has 1 atom stereocenters. The Bertz CT molecular complexity index is 702. The summed E-state index contributed by atoms with van der Waals surface area (Å²) in [5.41, 5.74) is 17.3. The van der Waals surface area contributed by atoms with Crippen molar-refractivity contribution in [1.82, 2.24) is 4.98 Å². The molecular formula is C18H22N4. The maximum atomic E-state index is 5.42. The lowest BCUT2D eigenvalue weighted by atomic mass is 9.82. The molecule has 114 valence electrons. The van der Waals surface area contributed by atoms with Gasteiger partial charge < -0.3 is 11.5 Å². The fourth-order valence-electron chi connectivity index (χ4n) is 3.13. The molecule has 0 fully saturated rings. The van der Waals surface area contributed by atoms with E-state index in [2.05, 4.69) is 40.3 Å². The maximum absolute atomic E-state index is 5.42. The van der Waals surface area contributed by atoms with Crippen LogP contribution < -0.4 is 11.5 Å². The molecule has 1 heterocycles. The number of aromatic nitrogens is 1. The second-order valence-corrected chi connectivity index (χ2v) is 6.04. The summed E-state index contributed by atoms with van der Waals surface area (Å²) in [5, 5.41) is 0. The Hall–Kier alpha value is -2.36. The third-order valence-corrected chi connectivity index (χ3v) is 4.30. The Labute approximate surface area is 131 Å². The molecule has 0 aliphatic heterocycles. The van der Waals surface area contributed by atoms with Gasteiger partial charge in [-0.05, 0) is 66.5 Å². The highest BCUT2D eigenvalue weighted by atomic mass is 15.0. The standard InChI is InChI=1S/C18H22N4/c1-12-8-17(6-7-21-12)16-5-4-14-9-13(11-22-18(19)20)2-3-15(14)10-16/h4-8,10,13H,2-3,9,11H2,1H3,(H4,19,20,22). The Balaban J connectivity index is 1.80. The molecule has 1 aliphatic carbocycles. The maximum Gasteiger partial charge on any atom is 0.185 e. The van der Waals surface area contributed by atoms with Gasteiger partial charge >= 0.3 is 0 Å². The van der Waals surface area contributed by atoms with E-state index >= 15 is 0 Å². The van der Waals surface area contributed by atoms with Gasteiger partial charge in [-0.1, -0.05) is 18.2 Å². The SMILES string of the molecule is Cc1cc(-c2ccc3c(c2)CCC(CN=C(N)N)C3)ccn1. The quantitative estimate of drug-likeness (QED) is 0.674. The van der Waals surface area contributed by atoms with E-state index in [1.807, 2.05) is 13.1 Å². The number of aliphatic imine (C=N–C) groups is 1. The van der Waals surface area contributed by atoms with Crippen LogP contribution in [0.4, 0.5) is 0 Å². The van der Waals surface area contributed by atoms with Crippen LogP contribution in [-0.4, -0.2) is 17.5 Å². The number of rotatable bonds is 3. The zero-order chi connectivity index (χ0) is 15.5. The van der Waals surface area contributed by atoms with Crippen LogP contribution >= 0.6 is 0 Å². The molecule has 0 radical (unpaired) electrons. The molecule has 4 N–H and O–H groups in total. The summed E-state index contributed by atoms with van der Waals surface area (Å²) in [7, 11) is 0. The smallest absolute Gasteiger partial charge is 0.185 e. The van der Waals surface area contributed by atoms with Crippen molar-refractivity contribution in [2.45, 2.75) is 26.2 Å². The second-order valence-electron chi connectivity index (χ2n) is 6.04. The minimum Gasteiger partial charge on any atom is -0.370 e. The highest BCUT2D eigenvalue weighted by Crippen LogP contribution is 2.30. The van der Waals surface area contributed by atoms with Crippen LogP contribution in [0.2, 0.25) is 0 Å². The first-order valence-corrected chi connectivity index (χ1v) is 7.72. The minimum absolute atomic E-state index is 0.189. The van der Waals surface area contributed by atoms with Crippen molar-refractivity contribution < 1.29 is 0 Å². The molecule has 0 bridgehead atoms. The summed E-state index contributed by atoms with van der Waals surface area (Å²) in [6.45, 7) is 2.75. The highest BCUT2D eigenvalue weighted by molar-refractivity contribution is 5.75. The van der Waals surface area contributed by atoms with Gasteiger partial charge in [0, 0.05) is 18.4 Å². The number of nitrogens with zero attached hydrogens (tertiary/aromatic N) is 2. The van der Waals surface area contributed by atoms with Crippen LogP contribution in [0.3, 0.4) is 0 Å². The number of pyridine rings is 1. The van der Waals surface area contributed by atoms with E-state index in [0.717, 1.165) is 31.5 Å². The molecular weight excluding hydrogens is 272 g/mol. The van der Waals surface area contributed by atoms with Gasteiger partial charge in [0.25, 0.3) is 0 Å². The Kier molecular flexibility index (Phi) is 4.09. The molecule has 22 heavy (non-hydrogen) atoms. The van der Waals surface area contributed by atoms with Crippen LogP contribution in [0.1, 0.15) is 23.2 Å². The van der Waals surface area contributed by atoms with E-state index in [1.54, 1.807) is 0 Å². The third kappa shape index (κ3) is 3.27. The van der Waals surface area contributed by atoms with Crippen LogP contribution in [0.15, 0.2) is 41.5 Å². The first-order chi connectivity index (χ1) is 10.6. The fraction of sp³-hybridized carbons (Fsp3) is 0.333. The molecule has 0 spiro atoms. The number of benzene rings is 1. The molecule has 4 heteroatoms. The molecule has 0 saturated carbocycles. The number of aryl methyl sites for hydroxylation is 2. The molecule has 1 aliphatic rings. The van der Waals surface area contributed by atoms with Gasteiger partial charge in [0.1, 0.15) is 0 Å². The van der Waals surface area contributed by atoms with Crippen molar-refractivity contribution in [3.8, 4) is 11.1 Å². The van der Waals surface area contributed by atoms with Crippen LogP contribution in [-0.2, 0) is 12.8 Å². The van der Waals surface area contributed by atoms with Gasteiger partial charge in [0.05, 0.1) is 0 Å².